The number of nitrogens with one attached hydrogen (secondary N) is 1. The summed E-state index contributed by atoms with van der Waals surface area (Å²) in [5, 5.41) is 3.11. The van der Waals surface area contributed by atoms with Crippen molar-refractivity contribution in [3.05, 3.63) is 0 Å². The van der Waals surface area contributed by atoms with Crippen LogP contribution in [0.15, 0.2) is 0 Å². The van der Waals surface area contributed by atoms with Gasteiger partial charge in [-0.2, -0.15) is 0 Å². The van der Waals surface area contributed by atoms with Crippen molar-refractivity contribution in [3.63, 3.8) is 0 Å². The molecule has 0 aromatic carbocycles. The van der Waals surface area contributed by atoms with Gasteiger partial charge in [0.15, 0.2) is 0 Å². The average molecular weight is 338 g/mol. The van der Waals surface area contributed by atoms with Gasteiger partial charge in [-0.15, -0.1) is 0 Å². The van der Waals surface area contributed by atoms with E-state index >= 15 is 0 Å². The fourth-order valence-electron chi connectivity index (χ4n) is 4.03. The Labute approximate surface area is 147 Å². The van der Waals surface area contributed by atoms with Crippen LogP contribution in [0.2, 0.25) is 0 Å². The molecule has 2 unspecified atom stereocenters. The summed E-state index contributed by atoms with van der Waals surface area (Å²) in [5.41, 5.74) is 0.324. The Hall–Kier alpha value is -1.26. The van der Waals surface area contributed by atoms with E-state index in [0.717, 1.165) is 51.9 Å². The van der Waals surface area contributed by atoms with Crippen LogP contribution in [0.3, 0.4) is 0 Å². The van der Waals surface area contributed by atoms with Crippen molar-refractivity contribution in [2.24, 2.45) is 17.3 Å². The number of carbonyl (C=O) groups excluding carboxylic acids is 2. The molecule has 138 valence electrons. The molecule has 1 N–H and O–H groups in total. The third-order valence-corrected chi connectivity index (χ3v) is 5.75. The van der Waals surface area contributed by atoms with Crippen molar-refractivity contribution < 1.29 is 9.59 Å². The highest BCUT2D eigenvalue weighted by Gasteiger charge is 2.29. The van der Waals surface area contributed by atoms with Crippen LogP contribution in [0.5, 0.6) is 0 Å². The second kappa shape index (κ2) is 8.21. The molecular formula is C19H35N3O2. The first-order valence-corrected chi connectivity index (χ1v) is 9.55. The summed E-state index contributed by atoms with van der Waals surface area (Å²) in [7, 11) is 0. The molecule has 2 aliphatic rings. The van der Waals surface area contributed by atoms with Crippen molar-refractivity contribution in [2.75, 3.05) is 32.7 Å². The molecule has 2 heterocycles. The lowest BCUT2D eigenvalue weighted by atomic mass is 9.77. The molecule has 0 saturated carbocycles. The summed E-state index contributed by atoms with van der Waals surface area (Å²) in [4.78, 5) is 27.9. The van der Waals surface area contributed by atoms with E-state index < -0.39 is 0 Å². The highest BCUT2D eigenvalue weighted by atomic mass is 16.2. The van der Waals surface area contributed by atoms with Gasteiger partial charge in [-0.1, -0.05) is 20.8 Å². The molecule has 2 fully saturated rings. The monoisotopic (exact) mass is 337 g/mol. The van der Waals surface area contributed by atoms with Gasteiger partial charge in [0.05, 0.1) is 0 Å². The Bertz CT molecular complexity index is 444. The molecule has 3 amide bonds. The van der Waals surface area contributed by atoms with E-state index in [4.69, 9.17) is 0 Å². The Morgan fingerprint density at radius 1 is 1.00 bits per heavy atom. The van der Waals surface area contributed by atoms with Gasteiger partial charge in [0.25, 0.3) is 0 Å². The molecule has 2 rings (SSSR count). The fraction of sp³-hybridized carbons (Fsp3) is 0.895. The number of carbonyl (C=O) groups is 2. The number of likely N-dealkylation sites (tertiary alicyclic amines) is 2. The van der Waals surface area contributed by atoms with Crippen molar-refractivity contribution in [2.45, 2.75) is 59.8 Å². The Balaban J connectivity index is 1.77. The van der Waals surface area contributed by atoms with Gasteiger partial charge in [0, 0.05) is 39.6 Å². The second-order valence-corrected chi connectivity index (χ2v) is 8.64. The molecule has 0 aliphatic carbocycles. The van der Waals surface area contributed by atoms with Gasteiger partial charge in [0.2, 0.25) is 5.91 Å². The Kier molecular flexibility index (Phi) is 6.53. The van der Waals surface area contributed by atoms with Crippen LogP contribution < -0.4 is 5.32 Å². The van der Waals surface area contributed by atoms with E-state index in [1.807, 2.05) is 9.80 Å². The largest absolute Gasteiger partial charge is 0.343 e. The molecule has 2 saturated heterocycles. The zero-order chi connectivity index (χ0) is 17.7. The standard InChI is InChI=1S/C19H35N3O2/c1-15(23)22-11-5-7-16(14-22)13-20-18(24)21-10-6-8-17(9-12-21)19(2,3)4/h16-17H,5-14H2,1-4H3,(H,20,24). The van der Waals surface area contributed by atoms with Crippen LogP contribution >= 0.6 is 0 Å². The zero-order valence-corrected chi connectivity index (χ0v) is 15.9. The van der Waals surface area contributed by atoms with Crippen molar-refractivity contribution >= 4 is 11.9 Å². The third kappa shape index (κ3) is 5.38. The lowest BCUT2D eigenvalue weighted by molar-refractivity contribution is -0.130. The maximum Gasteiger partial charge on any atom is 0.317 e. The SMILES string of the molecule is CC(=O)N1CCCC(CNC(=O)N2CCCC(C(C)(C)C)CC2)C1. The fourth-order valence-corrected chi connectivity index (χ4v) is 4.03. The van der Waals surface area contributed by atoms with Crippen LogP contribution in [0.1, 0.15) is 59.8 Å². The zero-order valence-electron chi connectivity index (χ0n) is 15.9. The Morgan fingerprint density at radius 2 is 1.67 bits per heavy atom. The van der Waals surface area contributed by atoms with Crippen molar-refractivity contribution in [3.8, 4) is 0 Å². The quantitative estimate of drug-likeness (QED) is 0.842. The lowest BCUT2D eigenvalue weighted by Crippen LogP contribution is -2.46. The molecule has 0 spiro atoms. The first-order chi connectivity index (χ1) is 11.3. The minimum Gasteiger partial charge on any atom is -0.343 e. The smallest absolute Gasteiger partial charge is 0.317 e. The van der Waals surface area contributed by atoms with Crippen LogP contribution in [-0.4, -0.2) is 54.5 Å². The van der Waals surface area contributed by atoms with E-state index in [-0.39, 0.29) is 11.9 Å². The van der Waals surface area contributed by atoms with E-state index in [1.54, 1.807) is 6.92 Å². The van der Waals surface area contributed by atoms with Gasteiger partial charge in [-0.25, -0.2) is 4.79 Å². The number of urea groups is 1. The first kappa shape index (κ1) is 19.1. The molecule has 0 aromatic heterocycles. The minimum absolute atomic E-state index is 0.0736. The molecule has 0 aromatic rings. The maximum atomic E-state index is 12.5. The molecule has 5 nitrogen and oxygen atoms in total. The molecule has 2 atom stereocenters. The van der Waals surface area contributed by atoms with Gasteiger partial charge in [0.1, 0.15) is 0 Å². The van der Waals surface area contributed by atoms with Gasteiger partial charge >= 0.3 is 6.03 Å². The van der Waals surface area contributed by atoms with E-state index in [0.29, 0.717) is 23.8 Å². The number of rotatable bonds is 2. The van der Waals surface area contributed by atoms with E-state index in [1.165, 1.54) is 6.42 Å². The van der Waals surface area contributed by atoms with Crippen LogP contribution in [-0.2, 0) is 4.79 Å². The van der Waals surface area contributed by atoms with Crippen LogP contribution in [0.25, 0.3) is 0 Å². The number of nitrogens with zero attached hydrogens (tertiary/aromatic N) is 2. The van der Waals surface area contributed by atoms with Gasteiger partial charge in [-0.3, -0.25) is 4.79 Å². The lowest BCUT2D eigenvalue weighted by Gasteiger charge is -2.32. The van der Waals surface area contributed by atoms with Gasteiger partial charge < -0.3 is 15.1 Å². The summed E-state index contributed by atoms with van der Waals surface area (Å²) in [6, 6.07) is 0.0736. The first-order valence-electron chi connectivity index (χ1n) is 9.55. The summed E-state index contributed by atoms with van der Waals surface area (Å²) < 4.78 is 0. The average Bonchev–Trinajstić information content (AvgIpc) is 2.78. The second-order valence-electron chi connectivity index (χ2n) is 8.64. The van der Waals surface area contributed by atoms with Crippen molar-refractivity contribution in [1.82, 2.24) is 15.1 Å². The molecular weight excluding hydrogens is 302 g/mol. The van der Waals surface area contributed by atoms with Crippen LogP contribution in [0.4, 0.5) is 4.79 Å². The van der Waals surface area contributed by atoms with E-state index in [9.17, 15) is 9.59 Å². The number of hydrogen-bond donors (Lipinski definition) is 1. The molecule has 5 heteroatoms. The molecule has 24 heavy (non-hydrogen) atoms. The normalized spacial score (nSPS) is 26.0. The van der Waals surface area contributed by atoms with Crippen molar-refractivity contribution in [1.29, 1.82) is 0 Å². The minimum atomic E-state index is 0.0736. The Morgan fingerprint density at radius 3 is 2.33 bits per heavy atom. The van der Waals surface area contributed by atoms with E-state index in [2.05, 4.69) is 26.1 Å². The number of piperidine rings is 1. The molecule has 0 radical (unpaired) electrons. The maximum absolute atomic E-state index is 12.5. The number of hydrogen-bond acceptors (Lipinski definition) is 2. The highest BCUT2D eigenvalue weighted by molar-refractivity contribution is 5.74. The predicted molar refractivity (Wildman–Crippen MR) is 96.7 cm³/mol. The number of amides is 3. The molecule has 0 bridgehead atoms. The summed E-state index contributed by atoms with van der Waals surface area (Å²) in [6.45, 7) is 12.6. The third-order valence-electron chi connectivity index (χ3n) is 5.75. The van der Waals surface area contributed by atoms with Gasteiger partial charge in [-0.05, 0) is 49.4 Å². The summed E-state index contributed by atoms with van der Waals surface area (Å²) in [6.07, 6.45) is 5.53. The molecule has 2 aliphatic heterocycles. The predicted octanol–water partition coefficient (Wildman–Crippen LogP) is 3.10. The summed E-state index contributed by atoms with van der Waals surface area (Å²) in [5.74, 6) is 1.23. The summed E-state index contributed by atoms with van der Waals surface area (Å²) >= 11 is 0. The highest BCUT2D eigenvalue weighted by Crippen LogP contribution is 2.34. The van der Waals surface area contributed by atoms with Crippen LogP contribution in [0, 0.1) is 17.3 Å². The topological polar surface area (TPSA) is 52.7 Å².